The molecule has 21 heavy (non-hydrogen) atoms. The number of urea groups is 1. The molecule has 6 heteroatoms. The molecule has 3 N–H and O–H groups in total. The Labute approximate surface area is 121 Å². The molecule has 0 aromatic heterocycles. The number of rotatable bonds is 4. The van der Waals surface area contributed by atoms with Crippen LogP contribution in [0.4, 0.5) is 10.5 Å². The van der Waals surface area contributed by atoms with Crippen molar-refractivity contribution in [3.63, 3.8) is 0 Å². The van der Waals surface area contributed by atoms with E-state index in [4.69, 9.17) is 5.11 Å². The van der Waals surface area contributed by atoms with Crippen LogP contribution in [0.3, 0.4) is 0 Å². The van der Waals surface area contributed by atoms with Gasteiger partial charge in [-0.05, 0) is 11.5 Å². The molecule has 0 bridgehead atoms. The van der Waals surface area contributed by atoms with E-state index in [0.717, 1.165) is 10.8 Å². The second-order valence-electron chi connectivity index (χ2n) is 4.38. The van der Waals surface area contributed by atoms with Gasteiger partial charge >= 0.3 is 12.0 Å². The van der Waals surface area contributed by atoms with E-state index in [1.807, 2.05) is 36.4 Å². The van der Waals surface area contributed by atoms with Crippen LogP contribution in [-0.2, 0) is 9.53 Å². The summed E-state index contributed by atoms with van der Waals surface area (Å²) >= 11 is 0. The zero-order valence-electron chi connectivity index (χ0n) is 11.5. The Morgan fingerprint density at radius 3 is 2.62 bits per heavy atom. The zero-order chi connectivity index (χ0) is 15.2. The van der Waals surface area contributed by atoms with Crippen LogP contribution in [0.2, 0.25) is 0 Å². The van der Waals surface area contributed by atoms with Crippen LogP contribution in [0.25, 0.3) is 10.8 Å². The van der Waals surface area contributed by atoms with Crippen molar-refractivity contribution in [3.05, 3.63) is 42.5 Å². The van der Waals surface area contributed by atoms with Gasteiger partial charge in [-0.25, -0.2) is 9.59 Å². The minimum absolute atomic E-state index is 0.532. The topological polar surface area (TPSA) is 87.7 Å². The normalized spacial score (nSPS) is 11.7. The van der Waals surface area contributed by atoms with Crippen LogP contribution in [0, 0.1) is 0 Å². The van der Waals surface area contributed by atoms with Crippen molar-refractivity contribution in [2.75, 3.05) is 19.0 Å². The summed E-state index contributed by atoms with van der Waals surface area (Å²) < 4.78 is 4.48. The maximum atomic E-state index is 11.9. The molecular weight excluding hydrogens is 272 g/mol. The second kappa shape index (κ2) is 6.71. The van der Waals surface area contributed by atoms with Crippen LogP contribution in [-0.4, -0.2) is 36.9 Å². The van der Waals surface area contributed by atoms with E-state index in [1.54, 1.807) is 6.07 Å². The third kappa shape index (κ3) is 3.49. The Hall–Kier alpha value is -2.60. The number of anilines is 1. The molecule has 2 aromatic carbocycles. The monoisotopic (exact) mass is 288 g/mol. The Morgan fingerprint density at radius 2 is 1.90 bits per heavy atom. The predicted octanol–water partition coefficient (Wildman–Crippen LogP) is 1.50. The lowest BCUT2D eigenvalue weighted by Gasteiger charge is -2.15. The Bertz CT molecular complexity index is 652. The first kappa shape index (κ1) is 14.8. The van der Waals surface area contributed by atoms with Gasteiger partial charge in [0.1, 0.15) is 0 Å². The molecule has 0 heterocycles. The van der Waals surface area contributed by atoms with Crippen molar-refractivity contribution in [1.82, 2.24) is 5.32 Å². The van der Waals surface area contributed by atoms with Gasteiger partial charge in [-0.2, -0.15) is 0 Å². The van der Waals surface area contributed by atoms with Gasteiger partial charge in [-0.1, -0.05) is 36.4 Å². The van der Waals surface area contributed by atoms with Gasteiger partial charge in [0.05, 0.1) is 19.4 Å². The molecule has 1 atom stereocenters. The highest BCUT2D eigenvalue weighted by molar-refractivity contribution is 6.02. The minimum atomic E-state index is -1.09. The number of carbonyl (C=O) groups excluding carboxylic acids is 2. The summed E-state index contributed by atoms with van der Waals surface area (Å²) in [5, 5.41) is 16.0. The van der Waals surface area contributed by atoms with Crippen molar-refractivity contribution in [3.8, 4) is 0 Å². The van der Waals surface area contributed by atoms with E-state index in [9.17, 15) is 9.59 Å². The lowest BCUT2D eigenvalue weighted by atomic mass is 10.1. The number of aliphatic hydroxyl groups is 1. The third-order valence-corrected chi connectivity index (χ3v) is 3.01. The Balaban J connectivity index is 2.13. The largest absolute Gasteiger partial charge is 0.467 e. The standard InChI is InChI=1S/C15H16N2O4/c1-21-14(19)13(9-18)17-15(20)16-12-8-4-6-10-5-2-3-7-11(10)12/h2-8,13,18H,9H2,1H3,(H2,16,17,20). The van der Waals surface area contributed by atoms with Gasteiger partial charge in [0, 0.05) is 5.39 Å². The number of methoxy groups -OCH3 is 1. The minimum Gasteiger partial charge on any atom is -0.467 e. The molecule has 0 aliphatic heterocycles. The van der Waals surface area contributed by atoms with Crippen molar-refractivity contribution < 1.29 is 19.4 Å². The molecule has 0 spiro atoms. The molecule has 2 amide bonds. The number of amides is 2. The third-order valence-electron chi connectivity index (χ3n) is 3.01. The van der Waals surface area contributed by atoms with Crippen LogP contribution >= 0.6 is 0 Å². The number of hydrogen-bond acceptors (Lipinski definition) is 4. The number of carbonyl (C=O) groups is 2. The molecule has 0 fully saturated rings. The first-order valence-electron chi connectivity index (χ1n) is 6.39. The molecule has 1 unspecified atom stereocenters. The van der Waals surface area contributed by atoms with E-state index in [2.05, 4.69) is 15.4 Å². The molecule has 0 saturated heterocycles. The summed E-state index contributed by atoms with van der Waals surface area (Å²) in [5.74, 6) is -0.703. The summed E-state index contributed by atoms with van der Waals surface area (Å²) in [6.45, 7) is -0.532. The van der Waals surface area contributed by atoms with Gasteiger partial charge in [-0.3, -0.25) is 0 Å². The number of ether oxygens (including phenoxy) is 1. The lowest BCUT2D eigenvalue weighted by Crippen LogP contribution is -2.45. The van der Waals surface area contributed by atoms with Crippen molar-refractivity contribution in [2.45, 2.75) is 6.04 Å². The van der Waals surface area contributed by atoms with Gasteiger partial charge < -0.3 is 20.5 Å². The molecule has 0 aliphatic carbocycles. The van der Waals surface area contributed by atoms with Crippen molar-refractivity contribution >= 4 is 28.5 Å². The number of hydrogen-bond donors (Lipinski definition) is 3. The zero-order valence-corrected chi connectivity index (χ0v) is 11.5. The highest BCUT2D eigenvalue weighted by Crippen LogP contribution is 2.22. The maximum absolute atomic E-state index is 11.9. The van der Waals surface area contributed by atoms with E-state index < -0.39 is 24.6 Å². The molecule has 2 rings (SSSR count). The van der Waals surface area contributed by atoms with Gasteiger partial charge in [0.25, 0.3) is 0 Å². The lowest BCUT2D eigenvalue weighted by molar-refractivity contribution is -0.143. The molecule has 0 aliphatic rings. The fourth-order valence-corrected chi connectivity index (χ4v) is 1.97. The summed E-state index contributed by atoms with van der Waals surface area (Å²) in [4.78, 5) is 23.2. The quantitative estimate of drug-likeness (QED) is 0.744. The number of esters is 1. The summed E-state index contributed by atoms with van der Waals surface area (Å²) in [7, 11) is 1.19. The second-order valence-corrected chi connectivity index (χ2v) is 4.38. The van der Waals surface area contributed by atoms with Crippen molar-refractivity contribution in [2.24, 2.45) is 0 Å². The highest BCUT2D eigenvalue weighted by Gasteiger charge is 2.20. The molecular formula is C15H16N2O4. The number of fused-ring (bicyclic) bond motifs is 1. The SMILES string of the molecule is COC(=O)C(CO)NC(=O)Nc1cccc2ccccc12. The van der Waals surface area contributed by atoms with Crippen molar-refractivity contribution in [1.29, 1.82) is 0 Å². The first-order chi connectivity index (χ1) is 10.2. The number of benzene rings is 2. The molecule has 110 valence electrons. The summed E-state index contributed by atoms with van der Waals surface area (Å²) in [6, 6.07) is 11.4. The molecule has 6 nitrogen and oxygen atoms in total. The number of aliphatic hydroxyl groups excluding tert-OH is 1. The first-order valence-corrected chi connectivity index (χ1v) is 6.39. The van der Waals surface area contributed by atoms with Gasteiger partial charge in [0.2, 0.25) is 0 Å². The summed E-state index contributed by atoms with van der Waals surface area (Å²) in [5.41, 5.74) is 0.618. The van der Waals surface area contributed by atoms with E-state index in [1.165, 1.54) is 7.11 Å². The van der Waals surface area contributed by atoms with E-state index >= 15 is 0 Å². The number of nitrogens with one attached hydrogen (secondary N) is 2. The van der Waals surface area contributed by atoms with Crippen LogP contribution in [0.5, 0.6) is 0 Å². The Morgan fingerprint density at radius 1 is 1.19 bits per heavy atom. The average Bonchev–Trinajstić information content (AvgIpc) is 2.52. The molecule has 2 aromatic rings. The average molecular weight is 288 g/mol. The predicted molar refractivity (Wildman–Crippen MR) is 79.0 cm³/mol. The molecule has 0 saturated carbocycles. The maximum Gasteiger partial charge on any atom is 0.330 e. The van der Waals surface area contributed by atoms with E-state index in [-0.39, 0.29) is 0 Å². The van der Waals surface area contributed by atoms with Gasteiger partial charge in [-0.15, -0.1) is 0 Å². The van der Waals surface area contributed by atoms with Crippen LogP contribution in [0.1, 0.15) is 0 Å². The summed E-state index contributed by atoms with van der Waals surface area (Å²) in [6.07, 6.45) is 0. The fourth-order valence-electron chi connectivity index (χ4n) is 1.97. The molecule has 0 radical (unpaired) electrons. The highest BCUT2D eigenvalue weighted by atomic mass is 16.5. The smallest absolute Gasteiger partial charge is 0.330 e. The van der Waals surface area contributed by atoms with Gasteiger partial charge in [0.15, 0.2) is 6.04 Å². The van der Waals surface area contributed by atoms with Crippen LogP contribution in [0.15, 0.2) is 42.5 Å². The van der Waals surface area contributed by atoms with Crippen LogP contribution < -0.4 is 10.6 Å². The van der Waals surface area contributed by atoms with E-state index in [0.29, 0.717) is 5.69 Å². The fraction of sp³-hybridized carbons (Fsp3) is 0.200. The Kier molecular flexibility index (Phi) is 4.73.